The molecular weight excluding hydrogens is 119 g/mol. The normalized spacial score (nSPS) is 15.3. The van der Waals surface area contributed by atoms with Crippen LogP contribution in [0.1, 0.15) is 5.48 Å². The Morgan fingerprint density at radius 2 is 2.44 bits per heavy atom. The number of methoxy groups -OCH3 is 1. The van der Waals surface area contributed by atoms with Crippen molar-refractivity contribution in [1.29, 1.82) is 0 Å². The van der Waals surface area contributed by atoms with E-state index < -0.39 is 30.0 Å². The highest BCUT2D eigenvalue weighted by molar-refractivity contribution is 5.21. The van der Waals surface area contributed by atoms with Crippen molar-refractivity contribution in [3.63, 3.8) is 0 Å². The van der Waals surface area contributed by atoms with E-state index in [1.165, 1.54) is 7.11 Å². The van der Waals surface area contributed by atoms with Crippen LogP contribution >= 0.6 is 0 Å². The van der Waals surface area contributed by atoms with Gasteiger partial charge in [-0.25, -0.2) is 4.39 Å². The fourth-order valence-electron chi connectivity index (χ4n) is 0.407. The van der Waals surface area contributed by atoms with Crippen LogP contribution in [0.5, 0.6) is 5.75 Å². The van der Waals surface area contributed by atoms with E-state index in [9.17, 15) is 4.39 Å². The van der Waals surface area contributed by atoms with E-state index in [0.717, 1.165) is 0 Å². The molecule has 2 heteroatoms. The molecule has 0 heterocycles. The van der Waals surface area contributed by atoms with Gasteiger partial charge in [-0.05, 0) is 12.1 Å². The second-order valence-corrected chi connectivity index (χ2v) is 1.35. The summed E-state index contributed by atoms with van der Waals surface area (Å²) >= 11 is 0. The predicted octanol–water partition coefficient (Wildman–Crippen LogP) is 1.83. The Hall–Kier alpha value is -1.05. The average Bonchev–Trinajstić information content (AvgIpc) is 2.13. The first-order valence-corrected chi connectivity index (χ1v) is 2.30. The van der Waals surface area contributed by atoms with Crippen LogP contribution in [-0.4, -0.2) is 7.11 Å². The van der Waals surface area contributed by atoms with Gasteiger partial charge >= 0.3 is 0 Å². The van der Waals surface area contributed by atoms with Crippen molar-refractivity contribution in [3.8, 4) is 5.75 Å². The largest absolute Gasteiger partial charge is 0.497 e. The Balaban J connectivity index is 3.56. The minimum Gasteiger partial charge on any atom is -0.497 e. The monoisotopic (exact) mass is 130 g/mol. The highest BCUT2D eigenvalue weighted by Crippen LogP contribution is 2.09. The van der Waals surface area contributed by atoms with Crippen molar-refractivity contribution in [2.24, 2.45) is 0 Å². The number of ether oxygens (including phenoxy) is 1. The summed E-state index contributed by atoms with van der Waals surface area (Å²) in [5, 5.41) is 0. The standard InChI is InChI=1S/C7H7FO/c1-9-7-4-2-3-6(8)5-7/h2-5H,1H3/i2D,3D,4D,5D. The van der Waals surface area contributed by atoms with Crippen LogP contribution in [0.2, 0.25) is 0 Å². The molecule has 1 nitrogen and oxygen atoms in total. The molecule has 1 rings (SSSR count). The van der Waals surface area contributed by atoms with Crippen LogP contribution in [0.4, 0.5) is 4.39 Å². The van der Waals surface area contributed by atoms with Crippen molar-refractivity contribution in [1.82, 2.24) is 0 Å². The van der Waals surface area contributed by atoms with Crippen molar-refractivity contribution in [3.05, 3.63) is 30.0 Å². The molecule has 0 bridgehead atoms. The minimum absolute atomic E-state index is 0.307. The first kappa shape index (κ1) is 2.69. The number of benzene rings is 1. The van der Waals surface area contributed by atoms with Crippen molar-refractivity contribution >= 4 is 0 Å². The summed E-state index contributed by atoms with van der Waals surface area (Å²) in [6.45, 7) is 0. The van der Waals surface area contributed by atoms with Gasteiger partial charge in [-0.2, -0.15) is 0 Å². The quantitative estimate of drug-likeness (QED) is 0.563. The zero-order chi connectivity index (χ0) is 10.2. The van der Waals surface area contributed by atoms with Gasteiger partial charge in [0.1, 0.15) is 11.6 Å². The maximum absolute atomic E-state index is 13.0. The van der Waals surface area contributed by atoms with Gasteiger partial charge in [-0.3, -0.25) is 0 Å². The summed E-state index contributed by atoms with van der Waals surface area (Å²) in [5.74, 6) is -1.43. The molecule has 0 saturated heterocycles. The zero-order valence-electron chi connectivity index (χ0n) is 8.79. The van der Waals surface area contributed by atoms with E-state index in [2.05, 4.69) is 4.74 Å². The third kappa shape index (κ3) is 1.42. The van der Waals surface area contributed by atoms with Crippen LogP contribution in [0, 0.1) is 5.82 Å². The van der Waals surface area contributed by atoms with E-state index in [1.807, 2.05) is 0 Å². The van der Waals surface area contributed by atoms with Gasteiger partial charge in [0.25, 0.3) is 0 Å². The lowest BCUT2D eigenvalue weighted by molar-refractivity contribution is 0.411. The molecule has 0 N–H and O–H groups in total. The second-order valence-electron chi connectivity index (χ2n) is 1.35. The Morgan fingerprint density at radius 3 is 3.11 bits per heavy atom. The lowest BCUT2D eigenvalue weighted by Crippen LogP contribution is -1.81. The van der Waals surface area contributed by atoms with Gasteiger partial charge in [0.05, 0.1) is 12.6 Å². The van der Waals surface area contributed by atoms with Gasteiger partial charge in [0.15, 0.2) is 0 Å². The lowest BCUT2D eigenvalue weighted by Gasteiger charge is -1.95. The van der Waals surface area contributed by atoms with Crippen LogP contribution in [0.25, 0.3) is 0 Å². The molecule has 0 fully saturated rings. The Morgan fingerprint density at radius 1 is 1.67 bits per heavy atom. The molecule has 9 heavy (non-hydrogen) atoms. The van der Waals surface area contributed by atoms with E-state index >= 15 is 0 Å². The molecule has 1 aromatic rings. The maximum atomic E-state index is 13.0. The van der Waals surface area contributed by atoms with Gasteiger partial charge in [0, 0.05) is 6.04 Å². The SMILES string of the molecule is [2H]c1c([2H])c(F)c([2H])c(OC)c1[2H]. The topological polar surface area (TPSA) is 9.23 Å². The number of hydrogen-bond acceptors (Lipinski definition) is 1. The van der Waals surface area contributed by atoms with Crippen LogP contribution in [0.15, 0.2) is 24.2 Å². The average molecular weight is 130 g/mol. The Labute approximate surface area is 58.7 Å². The van der Waals surface area contributed by atoms with Crippen LogP contribution in [0.3, 0.4) is 0 Å². The molecule has 48 valence electrons. The fourth-order valence-corrected chi connectivity index (χ4v) is 0.407. The molecule has 0 saturated carbocycles. The van der Waals surface area contributed by atoms with Crippen molar-refractivity contribution < 1.29 is 14.6 Å². The summed E-state index contributed by atoms with van der Waals surface area (Å²) in [4.78, 5) is 0. The highest BCUT2D eigenvalue weighted by atomic mass is 19.1. The van der Waals surface area contributed by atoms with E-state index in [-0.39, 0.29) is 5.75 Å². The first-order valence-electron chi connectivity index (χ1n) is 4.30. The van der Waals surface area contributed by atoms with Gasteiger partial charge in [-0.15, -0.1) is 0 Å². The molecule has 0 aliphatic heterocycles. The molecule has 0 aliphatic carbocycles. The van der Waals surface area contributed by atoms with Crippen LogP contribution < -0.4 is 4.74 Å². The molecular formula is C7H7FO. The van der Waals surface area contributed by atoms with Crippen molar-refractivity contribution in [2.45, 2.75) is 0 Å². The number of hydrogen-bond donors (Lipinski definition) is 0. The minimum atomic E-state index is -1.13. The zero-order valence-corrected chi connectivity index (χ0v) is 4.79. The summed E-state index contributed by atoms with van der Waals surface area (Å²) in [6.07, 6.45) is 0. The Kier molecular flexibility index (Phi) is 0.743. The molecule has 0 aliphatic rings. The fraction of sp³-hybridized carbons (Fsp3) is 0.143. The summed E-state index contributed by atoms with van der Waals surface area (Å²) in [6, 6.07) is -2.38. The maximum Gasteiger partial charge on any atom is 0.126 e. The summed E-state index contributed by atoms with van der Waals surface area (Å²) in [5.41, 5.74) is 0. The van der Waals surface area contributed by atoms with E-state index in [0.29, 0.717) is 0 Å². The van der Waals surface area contributed by atoms with Crippen molar-refractivity contribution in [2.75, 3.05) is 7.11 Å². The third-order valence-electron chi connectivity index (χ3n) is 0.776. The number of rotatable bonds is 1. The molecule has 1 aromatic carbocycles. The molecule has 0 amide bonds. The molecule has 0 spiro atoms. The molecule has 0 radical (unpaired) electrons. The summed E-state index contributed by atoms with van der Waals surface area (Å²) in [7, 11) is 1.19. The Bertz CT molecular complexity index is 324. The van der Waals surface area contributed by atoms with Gasteiger partial charge < -0.3 is 4.74 Å². The summed E-state index contributed by atoms with van der Waals surface area (Å²) < 4.78 is 46.1. The highest BCUT2D eigenvalue weighted by Gasteiger charge is 1.90. The predicted molar refractivity (Wildman–Crippen MR) is 33.0 cm³/mol. The first-order chi connectivity index (χ1) is 6.00. The smallest absolute Gasteiger partial charge is 0.126 e. The lowest BCUT2D eigenvalue weighted by atomic mass is 10.3. The molecule has 0 aromatic heterocycles. The van der Waals surface area contributed by atoms with E-state index in [1.54, 1.807) is 0 Å². The van der Waals surface area contributed by atoms with Crippen LogP contribution in [-0.2, 0) is 0 Å². The van der Waals surface area contributed by atoms with E-state index in [4.69, 9.17) is 5.48 Å². The molecule has 0 unspecified atom stereocenters. The number of halogens is 1. The second kappa shape index (κ2) is 2.49. The third-order valence-corrected chi connectivity index (χ3v) is 0.776. The van der Waals surface area contributed by atoms with Gasteiger partial charge in [0.2, 0.25) is 0 Å². The van der Waals surface area contributed by atoms with Gasteiger partial charge in [-0.1, -0.05) is 6.04 Å². The molecule has 0 atom stereocenters.